The SMILES string of the molecule is Cn1c(=O)c(C(=O)O)cc2ccnc(OCC3(S(=O)(=O)Nc4cnccn4)CC3)c21. The van der Waals surface area contributed by atoms with E-state index in [1.54, 1.807) is 6.07 Å². The first-order valence-corrected chi connectivity index (χ1v) is 10.4. The Morgan fingerprint density at radius 1 is 1.30 bits per heavy atom. The molecule has 156 valence electrons. The average molecular weight is 431 g/mol. The fraction of sp³-hybridized carbons (Fsp3) is 0.278. The smallest absolute Gasteiger partial charge is 0.341 e. The van der Waals surface area contributed by atoms with Crippen molar-refractivity contribution in [2.75, 3.05) is 11.3 Å². The van der Waals surface area contributed by atoms with Gasteiger partial charge in [-0.3, -0.25) is 14.5 Å². The van der Waals surface area contributed by atoms with Crippen LogP contribution in [0, 0.1) is 0 Å². The molecule has 0 spiro atoms. The highest BCUT2D eigenvalue weighted by molar-refractivity contribution is 7.94. The second kappa shape index (κ2) is 7.06. The molecule has 3 aromatic rings. The van der Waals surface area contributed by atoms with E-state index >= 15 is 0 Å². The lowest BCUT2D eigenvalue weighted by Crippen LogP contribution is -2.35. The standard InChI is InChI=1S/C18H17N5O6S/c1-23-14-11(8-12(16(23)24)17(25)26)2-5-21-15(14)29-10-18(3-4-18)30(27,28)22-13-9-19-6-7-20-13/h2,5-9H,3-4,10H2,1H3,(H,20,22)(H,25,26). The molecule has 3 heterocycles. The Hall–Kier alpha value is -3.54. The number of nitrogens with one attached hydrogen (secondary N) is 1. The van der Waals surface area contributed by atoms with E-state index in [1.165, 1.54) is 37.9 Å². The van der Waals surface area contributed by atoms with Crippen molar-refractivity contribution in [1.82, 2.24) is 19.5 Å². The Morgan fingerprint density at radius 2 is 2.07 bits per heavy atom. The van der Waals surface area contributed by atoms with Gasteiger partial charge in [-0.15, -0.1) is 0 Å². The van der Waals surface area contributed by atoms with Crippen LogP contribution in [0.25, 0.3) is 10.9 Å². The molecule has 0 amide bonds. The molecular formula is C18H17N5O6S. The first kappa shape index (κ1) is 19.8. The molecule has 0 unspecified atom stereocenters. The normalized spacial score (nSPS) is 15.0. The number of carboxylic acid groups (broad SMARTS) is 1. The minimum absolute atomic E-state index is 0.0463. The van der Waals surface area contributed by atoms with E-state index in [2.05, 4.69) is 19.7 Å². The molecule has 12 heteroatoms. The number of fused-ring (bicyclic) bond motifs is 1. The molecule has 0 bridgehead atoms. The van der Waals surface area contributed by atoms with E-state index in [4.69, 9.17) is 4.74 Å². The Labute approximate surface area is 170 Å². The van der Waals surface area contributed by atoms with Crippen LogP contribution in [0.2, 0.25) is 0 Å². The molecule has 0 aliphatic heterocycles. The number of anilines is 1. The van der Waals surface area contributed by atoms with Crippen LogP contribution in [-0.4, -0.2) is 50.4 Å². The first-order chi connectivity index (χ1) is 14.2. The van der Waals surface area contributed by atoms with E-state index < -0.39 is 26.3 Å². The number of hydrogen-bond acceptors (Lipinski definition) is 8. The maximum absolute atomic E-state index is 12.8. The van der Waals surface area contributed by atoms with Crippen LogP contribution in [0.1, 0.15) is 23.2 Å². The summed E-state index contributed by atoms with van der Waals surface area (Å²) in [5, 5.41) is 9.64. The van der Waals surface area contributed by atoms with Crippen LogP contribution in [0.4, 0.5) is 5.82 Å². The summed E-state index contributed by atoms with van der Waals surface area (Å²) in [6.07, 6.45) is 6.28. The molecule has 0 saturated heterocycles. The van der Waals surface area contributed by atoms with E-state index in [0.717, 1.165) is 4.57 Å². The number of carboxylic acids is 1. The van der Waals surface area contributed by atoms with Crippen LogP contribution in [0.5, 0.6) is 5.88 Å². The monoisotopic (exact) mass is 431 g/mol. The molecule has 30 heavy (non-hydrogen) atoms. The molecule has 3 aromatic heterocycles. The summed E-state index contributed by atoms with van der Waals surface area (Å²) in [5.74, 6) is -1.18. The lowest BCUT2D eigenvalue weighted by molar-refractivity contribution is 0.0694. The van der Waals surface area contributed by atoms with Gasteiger partial charge in [0, 0.05) is 31.0 Å². The van der Waals surface area contributed by atoms with Crippen LogP contribution in [0.15, 0.2) is 41.7 Å². The fourth-order valence-corrected chi connectivity index (χ4v) is 4.54. The lowest BCUT2D eigenvalue weighted by Gasteiger charge is -2.18. The Morgan fingerprint density at radius 3 is 2.70 bits per heavy atom. The van der Waals surface area contributed by atoms with Crippen molar-refractivity contribution in [2.24, 2.45) is 7.05 Å². The zero-order chi connectivity index (χ0) is 21.5. The van der Waals surface area contributed by atoms with E-state index in [-0.39, 0.29) is 29.4 Å². The van der Waals surface area contributed by atoms with Gasteiger partial charge < -0.3 is 14.4 Å². The maximum Gasteiger partial charge on any atom is 0.341 e. The third-order valence-corrected chi connectivity index (χ3v) is 7.12. The van der Waals surface area contributed by atoms with Crippen molar-refractivity contribution in [3.05, 3.63) is 52.8 Å². The predicted molar refractivity (Wildman–Crippen MR) is 106 cm³/mol. The van der Waals surface area contributed by atoms with Gasteiger partial charge in [0.05, 0.1) is 6.20 Å². The maximum atomic E-state index is 12.8. The van der Waals surface area contributed by atoms with Crippen molar-refractivity contribution in [2.45, 2.75) is 17.6 Å². The number of sulfonamides is 1. The second-order valence-electron chi connectivity index (χ2n) is 6.95. The summed E-state index contributed by atoms with van der Waals surface area (Å²) in [6.45, 7) is -0.191. The number of aromatic carboxylic acids is 1. The number of pyridine rings is 2. The minimum atomic E-state index is -3.81. The Balaban J connectivity index is 1.63. The fourth-order valence-electron chi connectivity index (χ4n) is 3.09. The highest BCUT2D eigenvalue weighted by Gasteiger charge is 2.56. The topological polar surface area (TPSA) is 153 Å². The van der Waals surface area contributed by atoms with Crippen molar-refractivity contribution in [3.8, 4) is 5.88 Å². The van der Waals surface area contributed by atoms with Gasteiger partial charge in [-0.05, 0) is 25.0 Å². The van der Waals surface area contributed by atoms with Gasteiger partial charge >= 0.3 is 5.97 Å². The first-order valence-electron chi connectivity index (χ1n) is 8.87. The van der Waals surface area contributed by atoms with Gasteiger partial charge in [0.15, 0.2) is 5.82 Å². The van der Waals surface area contributed by atoms with E-state index in [9.17, 15) is 23.1 Å². The quantitative estimate of drug-likeness (QED) is 0.552. The summed E-state index contributed by atoms with van der Waals surface area (Å²) in [6, 6.07) is 2.79. The van der Waals surface area contributed by atoms with Gasteiger partial charge in [-0.25, -0.2) is 23.2 Å². The summed E-state index contributed by atoms with van der Waals surface area (Å²) in [7, 11) is -2.41. The Kier molecular flexibility index (Phi) is 4.65. The predicted octanol–water partition coefficient (Wildman–Crippen LogP) is 0.775. The number of rotatable bonds is 7. The molecule has 11 nitrogen and oxygen atoms in total. The minimum Gasteiger partial charge on any atom is -0.477 e. The van der Waals surface area contributed by atoms with Gasteiger partial charge in [0.1, 0.15) is 22.4 Å². The molecule has 0 aromatic carbocycles. The number of aromatic nitrogens is 4. The second-order valence-corrected chi connectivity index (χ2v) is 9.03. The Bertz CT molecular complexity index is 1300. The van der Waals surface area contributed by atoms with Crippen LogP contribution in [-0.2, 0) is 17.1 Å². The molecule has 1 aliphatic carbocycles. The molecule has 0 radical (unpaired) electrons. The van der Waals surface area contributed by atoms with E-state index in [1.807, 2.05) is 0 Å². The number of aryl methyl sites for hydroxylation is 1. The average Bonchev–Trinajstić information content (AvgIpc) is 3.51. The summed E-state index contributed by atoms with van der Waals surface area (Å²) in [4.78, 5) is 35.5. The molecular weight excluding hydrogens is 414 g/mol. The zero-order valence-corrected chi connectivity index (χ0v) is 16.6. The van der Waals surface area contributed by atoms with Crippen LogP contribution >= 0.6 is 0 Å². The number of ether oxygens (including phenoxy) is 1. The molecule has 0 atom stereocenters. The van der Waals surface area contributed by atoms with Crippen molar-refractivity contribution in [1.29, 1.82) is 0 Å². The van der Waals surface area contributed by atoms with Gasteiger partial charge in [0.2, 0.25) is 15.9 Å². The number of nitrogens with zero attached hydrogens (tertiary/aromatic N) is 4. The lowest BCUT2D eigenvalue weighted by atomic mass is 10.2. The summed E-state index contributed by atoms with van der Waals surface area (Å²) >= 11 is 0. The van der Waals surface area contributed by atoms with Crippen LogP contribution in [0.3, 0.4) is 0 Å². The van der Waals surface area contributed by atoms with Gasteiger partial charge in [0.25, 0.3) is 5.56 Å². The summed E-state index contributed by atoms with van der Waals surface area (Å²) in [5.41, 5.74) is -0.815. The molecule has 1 saturated carbocycles. The van der Waals surface area contributed by atoms with Crippen molar-refractivity contribution >= 4 is 32.7 Å². The summed E-state index contributed by atoms with van der Waals surface area (Å²) < 4.78 is 33.7. The molecule has 1 aliphatic rings. The van der Waals surface area contributed by atoms with Crippen molar-refractivity contribution < 1.29 is 23.1 Å². The number of carbonyl (C=O) groups is 1. The highest BCUT2D eigenvalue weighted by atomic mass is 32.2. The van der Waals surface area contributed by atoms with E-state index in [0.29, 0.717) is 18.2 Å². The van der Waals surface area contributed by atoms with Gasteiger partial charge in [-0.2, -0.15) is 0 Å². The largest absolute Gasteiger partial charge is 0.477 e. The molecule has 2 N–H and O–H groups in total. The van der Waals surface area contributed by atoms with Crippen molar-refractivity contribution in [3.63, 3.8) is 0 Å². The highest BCUT2D eigenvalue weighted by Crippen LogP contribution is 2.44. The zero-order valence-electron chi connectivity index (χ0n) is 15.8. The molecule has 4 rings (SSSR count). The van der Waals surface area contributed by atoms with Gasteiger partial charge in [-0.1, -0.05) is 0 Å². The molecule has 1 fully saturated rings. The number of hydrogen-bond donors (Lipinski definition) is 2. The third-order valence-electron chi connectivity index (χ3n) is 4.97. The third kappa shape index (κ3) is 3.34. The van der Waals surface area contributed by atoms with Crippen LogP contribution < -0.4 is 15.0 Å².